The van der Waals surface area contributed by atoms with Crippen LogP contribution in [0.15, 0.2) is 82.8 Å². The summed E-state index contributed by atoms with van der Waals surface area (Å²) >= 11 is 1.68. The molecule has 1 unspecified atom stereocenters. The zero-order valence-corrected chi connectivity index (χ0v) is 20.6. The van der Waals surface area contributed by atoms with Crippen LogP contribution >= 0.6 is 11.8 Å². The molecule has 0 radical (unpaired) electrons. The van der Waals surface area contributed by atoms with Gasteiger partial charge in [0.2, 0.25) is 15.9 Å². The molecule has 174 valence electrons. The van der Waals surface area contributed by atoms with E-state index < -0.39 is 16.1 Å². The predicted octanol–water partition coefficient (Wildman–Crippen LogP) is 5.01. The minimum Gasteiger partial charge on any atom is -0.325 e. The summed E-state index contributed by atoms with van der Waals surface area (Å²) in [6.45, 7) is 5.80. The highest BCUT2D eigenvalue weighted by Crippen LogP contribution is 2.24. The van der Waals surface area contributed by atoms with E-state index in [0.29, 0.717) is 12.1 Å². The summed E-state index contributed by atoms with van der Waals surface area (Å²) in [7, 11) is -3.82. The maximum absolute atomic E-state index is 13.0. The monoisotopic (exact) mass is 483 g/mol. The van der Waals surface area contributed by atoms with Crippen molar-refractivity contribution in [2.24, 2.45) is 5.92 Å². The summed E-state index contributed by atoms with van der Waals surface area (Å²) in [5, 5.41) is 2.85. The third kappa shape index (κ3) is 7.70. The smallest absolute Gasteiger partial charge is 0.242 e. The number of aryl methyl sites for hydroxylation is 1. The first-order valence-corrected chi connectivity index (χ1v) is 13.2. The number of amides is 1. The zero-order valence-electron chi connectivity index (χ0n) is 19.0. The van der Waals surface area contributed by atoms with E-state index in [0.717, 1.165) is 21.8 Å². The highest BCUT2D eigenvalue weighted by Gasteiger charge is 2.26. The number of carbonyl (C=O) groups is 1. The standard InChI is InChI=1S/C25H29N3O3S2/c1-18(2)15-24(28-33(30,31)23-12-6-19(3)7-13-23)25(29)27-21-8-10-22(11-9-21)32-17-20-5-4-14-26-16-20/h4-14,16,18,24,28H,15,17H2,1-3H3,(H,27,29). The van der Waals surface area contributed by atoms with Crippen molar-refractivity contribution in [3.05, 3.63) is 84.2 Å². The molecule has 2 aromatic carbocycles. The molecule has 0 saturated heterocycles. The zero-order chi connectivity index (χ0) is 23.8. The fourth-order valence-electron chi connectivity index (χ4n) is 3.17. The molecular formula is C25H29N3O3S2. The average Bonchev–Trinajstić information content (AvgIpc) is 2.78. The van der Waals surface area contributed by atoms with Crippen LogP contribution < -0.4 is 10.0 Å². The Balaban J connectivity index is 1.65. The molecule has 1 amide bonds. The van der Waals surface area contributed by atoms with Gasteiger partial charge in [-0.3, -0.25) is 9.78 Å². The number of nitrogens with one attached hydrogen (secondary N) is 2. The average molecular weight is 484 g/mol. The summed E-state index contributed by atoms with van der Waals surface area (Å²) in [5.74, 6) is 0.555. The van der Waals surface area contributed by atoms with Crippen molar-refractivity contribution in [1.29, 1.82) is 0 Å². The molecule has 0 aliphatic carbocycles. The van der Waals surface area contributed by atoms with Crippen LogP contribution in [-0.2, 0) is 20.6 Å². The van der Waals surface area contributed by atoms with Crippen molar-refractivity contribution >= 4 is 33.4 Å². The number of aromatic nitrogens is 1. The lowest BCUT2D eigenvalue weighted by Crippen LogP contribution is -2.44. The van der Waals surface area contributed by atoms with E-state index in [1.165, 1.54) is 0 Å². The van der Waals surface area contributed by atoms with E-state index >= 15 is 0 Å². The highest BCUT2D eigenvalue weighted by molar-refractivity contribution is 7.98. The molecule has 6 nitrogen and oxygen atoms in total. The van der Waals surface area contributed by atoms with Crippen molar-refractivity contribution < 1.29 is 13.2 Å². The number of hydrogen-bond acceptors (Lipinski definition) is 5. The fraction of sp³-hybridized carbons (Fsp3) is 0.280. The SMILES string of the molecule is Cc1ccc(S(=O)(=O)NC(CC(C)C)C(=O)Nc2ccc(SCc3cccnc3)cc2)cc1. The number of sulfonamides is 1. The first-order valence-electron chi connectivity index (χ1n) is 10.7. The molecule has 8 heteroatoms. The van der Waals surface area contributed by atoms with E-state index in [2.05, 4.69) is 15.0 Å². The molecule has 3 rings (SSSR count). The van der Waals surface area contributed by atoms with Crippen LogP contribution in [0.2, 0.25) is 0 Å². The minimum atomic E-state index is -3.82. The molecule has 0 bridgehead atoms. The number of pyridine rings is 1. The van der Waals surface area contributed by atoms with Gasteiger partial charge in [0.15, 0.2) is 0 Å². The summed E-state index contributed by atoms with van der Waals surface area (Å²) in [5.41, 5.74) is 2.72. The van der Waals surface area contributed by atoms with Crippen LogP contribution in [0.4, 0.5) is 5.69 Å². The van der Waals surface area contributed by atoms with Crippen molar-refractivity contribution in [3.63, 3.8) is 0 Å². The Bertz CT molecular complexity index is 1150. The lowest BCUT2D eigenvalue weighted by molar-refractivity contribution is -0.118. The predicted molar refractivity (Wildman–Crippen MR) is 134 cm³/mol. The molecule has 3 aromatic rings. The van der Waals surface area contributed by atoms with Gasteiger partial charge in [0.1, 0.15) is 6.04 Å². The van der Waals surface area contributed by atoms with Gasteiger partial charge in [-0.15, -0.1) is 11.8 Å². The van der Waals surface area contributed by atoms with Gasteiger partial charge in [-0.25, -0.2) is 8.42 Å². The third-order valence-corrected chi connectivity index (χ3v) is 7.47. The molecule has 2 N–H and O–H groups in total. The van der Waals surface area contributed by atoms with Gasteiger partial charge in [-0.1, -0.05) is 37.6 Å². The van der Waals surface area contributed by atoms with Gasteiger partial charge in [-0.2, -0.15) is 4.72 Å². The van der Waals surface area contributed by atoms with E-state index in [1.54, 1.807) is 42.2 Å². The normalized spacial score (nSPS) is 12.5. The Morgan fingerprint density at radius 2 is 1.73 bits per heavy atom. The molecule has 33 heavy (non-hydrogen) atoms. The second-order valence-electron chi connectivity index (χ2n) is 8.28. The first-order chi connectivity index (χ1) is 15.7. The quantitative estimate of drug-likeness (QED) is 0.396. The number of nitrogens with zero attached hydrogens (tertiary/aromatic N) is 1. The van der Waals surface area contributed by atoms with E-state index in [-0.39, 0.29) is 16.7 Å². The lowest BCUT2D eigenvalue weighted by Gasteiger charge is -2.20. The van der Waals surface area contributed by atoms with Gasteiger partial charge in [0.25, 0.3) is 0 Å². The Kier molecular flexibility index (Phi) is 8.66. The molecule has 0 fully saturated rings. The van der Waals surface area contributed by atoms with Crippen LogP contribution in [0.25, 0.3) is 0 Å². The van der Waals surface area contributed by atoms with Crippen molar-refractivity contribution in [1.82, 2.24) is 9.71 Å². The lowest BCUT2D eigenvalue weighted by atomic mass is 10.0. The van der Waals surface area contributed by atoms with Gasteiger partial charge in [-0.05, 0) is 67.3 Å². The second-order valence-corrected chi connectivity index (χ2v) is 11.0. The Morgan fingerprint density at radius 1 is 1.03 bits per heavy atom. The summed E-state index contributed by atoms with van der Waals surface area (Å²) < 4.78 is 28.2. The number of rotatable bonds is 10. The number of benzene rings is 2. The van der Waals surface area contributed by atoms with Crippen molar-refractivity contribution in [2.75, 3.05) is 5.32 Å². The molecule has 0 saturated carbocycles. The van der Waals surface area contributed by atoms with E-state index in [1.807, 2.05) is 63.4 Å². The second kappa shape index (κ2) is 11.4. The largest absolute Gasteiger partial charge is 0.325 e. The molecule has 1 heterocycles. The van der Waals surface area contributed by atoms with Crippen LogP contribution in [-0.4, -0.2) is 25.4 Å². The maximum Gasteiger partial charge on any atom is 0.242 e. The Hall–Kier alpha value is -2.68. The highest BCUT2D eigenvalue weighted by atomic mass is 32.2. The van der Waals surface area contributed by atoms with Gasteiger partial charge < -0.3 is 5.32 Å². The van der Waals surface area contributed by atoms with Gasteiger partial charge in [0, 0.05) is 28.7 Å². The molecule has 0 aliphatic rings. The summed E-state index contributed by atoms with van der Waals surface area (Å²) in [4.78, 5) is 18.3. The van der Waals surface area contributed by atoms with E-state index in [4.69, 9.17) is 0 Å². The van der Waals surface area contributed by atoms with Gasteiger partial charge in [0.05, 0.1) is 4.90 Å². The maximum atomic E-state index is 13.0. The minimum absolute atomic E-state index is 0.132. The Morgan fingerprint density at radius 3 is 2.33 bits per heavy atom. The molecular weight excluding hydrogens is 454 g/mol. The summed E-state index contributed by atoms with van der Waals surface area (Å²) in [6.07, 6.45) is 3.98. The first kappa shape index (κ1) is 25.0. The van der Waals surface area contributed by atoms with Crippen molar-refractivity contribution in [3.8, 4) is 0 Å². The van der Waals surface area contributed by atoms with Crippen LogP contribution in [0, 0.1) is 12.8 Å². The fourth-order valence-corrected chi connectivity index (χ4v) is 5.21. The van der Waals surface area contributed by atoms with Gasteiger partial charge >= 0.3 is 0 Å². The summed E-state index contributed by atoms with van der Waals surface area (Å²) in [6, 6.07) is 17.1. The number of carbonyl (C=O) groups excluding carboxylic acids is 1. The molecule has 1 aromatic heterocycles. The topological polar surface area (TPSA) is 88.2 Å². The molecule has 1 atom stereocenters. The van der Waals surface area contributed by atoms with Crippen molar-refractivity contribution in [2.45, 2.75) is 48.8 Å². The van der Waals surface area contributed by atoms with E-state index in [9.17, 15) is 13.2 Å². The number of hydrogen-bond donors (Lipinski definition) is 2. The van der Waals surface area contributed by atoms with Crippen LogP contribution in [0.3, 0.4) is 0 Å². The van der Waals surface area contributed by atoms with Crippen LogP contribution in [0.1, 0.15) is 31.4 Å². The number of anilines is 1. The molecule has 0 spiro atoms. The number of thioether (sulfide) groups is 1. The Labute approximate surface area is 200 Å². The third-order valence-electron chi connectivity index (χ3n) is 4.90. The molecule has 0 aliphatic heterocycles. The van der Waals surface area contributed by atoms with Crippen LogP contribution in [0.5, 0.6) is 0 Å².